The van der Waals surface area contributed by atoms with E-state index in [2.05, 4.69) is 0 Å². The van der Waals surface area contributed by atoms with E-state index in [0.717, 1.165) is 0 Å². The number of rotatable bonds is 3. The second-order valence-electron chi connectivity index (χ2n) is 3.63. The maximum atomic E-state index is 9.28. The molecule has 0 saturated heterocycles. The number of nitrogens with two attached hydrogens (primary N) is 1. The molecule has 0 aliphatic carbocycles. The first-order chi connectivity index (χ1) is 6.53. The highest BCUT2D eigenvalue weighted by molar-refractivity contribution is 5.43. The zero-order valence-corrected chi connectivity index (χ0v) is 8.07. The van der Waals surface area contributed by atoms with Crippen molar-refractivity contribution < 1.29 is 15.3 Å². The van der Waals surface area contributed by atoms with Gasteiger partial charge < -0.3 is 21.1 Å². The van der Waals surface area contributed by atoms with E-state index in [1.165, 1.54) is 12.1 Å². The second-order valence-corrected chi connectivity index (χ2v) is 3.63. The normalized spacial score (nSPS) is 15.1. The van der Waals surface area contributed by atoms with Gasteiger partial charge in [-0.2, -0.15) is 0 Å². The fourth-order valence-electron chi connectivity index (χ4n) is 1.17. The van der Waals surface area contributed by atoms with E-state index in [1.807, 2.05) is 0 Å². The Kier molecular flexibility index (Phi) is 2.98. The molecule has 1 aromatic carbocycles. The van der Waals surface area contributed by atoms with Crippen LogP contribution in [0.25, 0.3) is 0 Å². The van der Waals surface area contributed by atoms with Crippen molar-refractivity contribution in [2.45, 2.75) is 12.3 Å². The Morgan fingerprint density at radius 1 is 1.29 bits per heavy atom. The largest absolute Gasteiger partial charge is 0.504 e. The second kappa shape index (κ2) is 3.86. The fraction of sp³-hybridized carbons (Fsp3) is 0.400. The van der Waals surface area contributed by atoms with Gasteiger partial charge in [-0.1, -0.05) is 13.0 Å². The monoisotopic (exact) mass is 197 g/mol. The molecule has 0 aliphatic rings. The summed E-state index contributed by atoms with van der Waals surface area (Å²) in [6, 6.07) is 4.44. The van der Waals surface area contributed by atoms with Crippen LogP contribution < -0.4 is 5.73 Å². The topological polar surface area (TPSA) is 86.7 Å². The Morgan fingerprint density at radius 2 is 1.93 bits per heavy atom. The number of aliphatic hydroxyl groups is 1. The van der Waals surface area contributed by atoms with Crippen molar-refractivity contribution in [3.05, 3.63) is 23.8 Å². The molecule has 1 rings (SSSR count). The van der Waals surface area contributed by atoms with Gasteiger partial charge in [0.25, 0.3) is 0 Å². The Morgan fingerprint density at radius 3 is 2.36 bits per heavy atom. The summed E-state index contributed by atoms with van der Waals surface area (Å²) in [5.74, 6) is -0.373. The maximum absolute atomic E-state index is 9.28. The number of hydrogen-bond donors (Lipinski definition) is 4. The summed E-state index contributed by atoms with van der Waals surface area (Å²) >= 11 is 0. The molecule has 0 aliphatic heterocycles. The van der Waals surface area contributed by atoms with Gasteiger partial charge >= 0.3 is 0 Å². The van der Waals surface area contributed by atoms with Crippen LogP contribution in [0.1, 0.15) is 12.5 Å². The van der Waals surface area contributed by atoms with Crippen molar-refractivity contribution >= 4 is 0 Å². The van der Waals surface area contributed by atoms with E-state index in [4.69, 9.17) is 10.8 Å². The third-order valence-corrected chi connectivity index (χ3v) is 2.47. The molecule has 1 unspecified atom stereocenters. The number of phenols is 2. The van der Waals surface area contributed by atoms with Crippen LogP contribution in [0, 0.1) is 0 Å². The van der Waals surface area contributed by atoms with E-state index in [-0.39, 0.29) is 24.7 Å². The van der Waals surface area contributed by atoms with Gasteiger partial charge in [-0.15, -0.1) is 0 Å². The summed E-state index contributed by atoms with van der Waals surface area (Å²) in [4.78, 5) is 0. The minimum absolute atomic E-state index is 0.103. The predicted molar refractivity (Wildman–Crippen MR) is 53.3 cm³/mol. The number of aliphatic hydroxyl groups excluding tert-OH is 1. The van der Waals surface area contributed by atoms with Crippen molar-refractivity contribution in [1.29, 1.82) is 0 Å². The summed E-state index contributed by atoms with van der Waals surface area (Å²) in [6.45, 7) is 1.96. The third kappa shape index (κ3) is 1.81. The Labute approximate surface area is 82.6 Å². The van der Waals surface area contributed by atoms with E-state index in [9.17, 15) is 10.2 Å². The van der Waals surface area contributed by atoms with Crippen LogP contribution in [0.4, 0.5) is 0 Å². The number of aromatic hydroxyl groups is 2. The summed E-state index contributed by atoms with van der Waals surface area (Å²) in [5, 5.41) is 27.6. The molecule has 0 spiro atoms. The van der Waals surface area contributed by atoms with E-state index >= 15 is 0 Å². The van der Waals surface area contributed by atoms with Crippen LogP contribution in [-0.2, 0) is 5.41 Å². The average Bonchev–Trinajstić information content (AvgIpc) is 2.21. The lowest BCUT2D eigenvalue weighted by Gasteiger charge is -2.26. The van der Waals surface area contributed by atoms with Gasteiger partial charge in [0.2, 0.25) is 0 Å². The van der Waals surface area contributed by atoms with Crippen molar-refractivity contribution in [1.82, 2.24) is 0 Å². The molecule has 0 aromatic heterocycles. The average molecular weight is 197 g/mol. The molecule has 0 saturated carbocycles. The first kappa shape index (κ1) is 10.8. The molecule has 4 heteroatoms. The van der Waals surface area contributed by atoms with Gasteiger partial charge in [-0.25, -0.2) is 0 Å². The SMILES string of the molecule is CC(CN)(CO)c1ccc(O)c(O)c1. The zero-order chi connectivity index (χ0) is 10.8. The van der Waals surface area contributed by atoms with Crippen molar-refractivity contribution in [2.75, 3.05) is 13.2 Å². The molecule has 0 fully saturated rings. The van der Waals surface area contributed by atoms with Crippen LogP contribution >= 0.6 is 0 Å². The smallest absolute Gasteiger partial charge is 0.157 e. The summed E-state index contributed by atoms with van der Waals surface area (Å²) in [5.41, 5.74) is 5.66. The predicted octanol–water partition coefficient (Wildman–Crippen LogP) is 0.306. The highest BCUT2D eigenvalue weighted by atomic mass is 16.3. The summed E-state index contributed by atoms with van der Waals surface area (Å²) in [6.07, 6.45) is 0. The van der Waals surface area contributed by atoms with Crippen LogP contribution in [0.3, 0.4) is 0 Å². The number of benzene rings is 1. The lowest BCUT2D eigenvalue weighted by molar-refractivity contribution is 0.210. The van der Waals surface area contributed by atoms with Gasteiger partial charge in [0.1, 0.15) is 0 Å². The fourth-order valence-corrected chi connectivity index (χ4v) is 1.17. The first-order valence-corrected chi connectivity index (χ1v) is 4.37. The molecule has 78 valence electrons. The quantitative estimate of drug-likeness (QED) is 0.525. The van der Waals surface area contributed by atoms with E-state index in [1.54, 1.807) is 13.0 Å². The highest BCUT2D eigenvalue weighted by Gasteiger charge is 2.24. The first-order valence-electron chi connectivity index (χ1n) is 4.37. The Bertz CT molecular complexity index is 321. The molecule has 5 N–H and O–H groups in total. The molecule has 0 bridgehead atoms. The van der Waals surface area contributed by atoms with Gasteiger partial charge in [0.15, 0.2) is 11.5 Å². The molecule has 0 heterocycles. The van der Waals surface area contributed by atoms with E-state index in [0.29, 0.717) is 5.56 Å². The van der Waals surface area contributed by atoms with Crippen LogP contribution in [0.5, 0.6) is 11.5 Å². The molecule has 4 nitrogen and oxygen atoms in total. The van der Waals surface area contributed by atoms with E-state index < -0.39 is 5.41 Å². The van der Waals surface area contributed by atoms with Crippen LogP contribution in [0.2, 0.25) is 0 Å². The molecule has 1 atom stereocenters. The van der Waals surface area contributed by atoms with Crippen LogP contribution in [0.15, 0.2) is 18.2 Å². The molecule has 0 radical (unpaired) electrons. The standard InChI is InChI=1S/C10H15NO3/c1-10(5-11,6-12)7-2-3-8(13)9(14)4-7/h2-4,12-14H,5-6,11H2,1H3. The van der Waals surface area contributed by atoms with Gasteiger partial charge in [0.05, 0.1) is 6.61 Å². The Balaban J connectivity index is 3.12. The molecular formula is C10H15NO3. The minimum atomic E-state index is -0.578. The third-order valence-electron chi connectivity index (χ3n) is 2.47. The lowest BCUT2D eigenvalue weighted by atomic mass is 9.83. The van der Waals surface area contributed by atoms with Crippen LogP contribution in [-0.4, -0.2) is 28.5 Å². The van der Waals surface area contributed by atoms with Gasteiger partial charge in [-0.05, 0) is 17.7 Å². The number of hydrogen-bond acceptors (Lipinski definition) is 4. The number of phenolic OH excluding ortho intramolecular Hbond substituents is 2. The van der Waals surface area contributed by atoms with Gasteiger partial charge in [0, 0.05) is 12.0 Å². The molecule has 0 amide bonds. The van der Waals surface area contributed by atoms with Crippen molar-refractivity contribution in [2.24, 2.45) is 5.73 Å². The lowest BCUT2D eigenvalue weighted by Crippen LogP contribution is -2.35. The highest BCUT2D eigenvalue weighted by Crippen LogP contribution is 2.30. The zero-order valence-electron chi connectivity index (χ0n) is 8.07. The summed E-state index contributed by atoms with van der Waals surface area (Å²) < 4.78 is 0. The maximum Gasteiger partial charge on any atom is 0.157 e. The molecule has 1 aromatic rings. The van der Waals surface area contributed by atoms with Crippen molar-refractivity contribution in [3.8, 4) is 11.5 Å². The molecular weight excluding hydrogens is 182 g/mol. The van der Waals surface area contributed by atoms with Gasteiger partial charge in [-0.3, -0.25) is 0 Å². The Hall–Kier alpha value is -1.26. The van der Waals surface area contributed by atoms with Crippen molar-refractivity contribution in [3.63, 3.8) is 0 Å². The summed E-state index contributed by atoms with van der Waals surface area (Å²) in [7, 11) is 0. The molecule has 14 heavy (non-hydrogen) atoms. The minimum Gasteiger partial charge on any atom is -0.504 e.